The number of benzene rings is 2. The van der Waals surface area contributed by atoms with Crippen LogP contribution in [0.4, 0.5) is 0 Å². The van der Waals surface area contributed by atoms with Crippen molar-refractivity contribution in [2.24, 2.45) is 0 Å². The molecular formula is C19H23Cl2N3O2. The predicted octanol–water partition coefficient (Wildman–Crippen LogP) is 3.53. The number of hydrogen-bond acceptors (Lipinski definition) is 4. The maximum atomic E-state index is 12.5. The molecule has 0 aliphatic carbocycles. The van der Waals surface area contributed by atoms with E-state index in [2.05, 4.69) is 5.32 Å². The molecule has 140 valence electrons. The minimum atomic E-state index is -0.0998. The molecule has 0 saturated carbocycles. The number of aromatic nitrogens is 1. The fourth-order valence-corrected chi connectivity index (χ4v) is 2.70. The summed E-state index contributed by atoms with van der Waals surface area (Å²) in [6.07, 6.45) is 0. The van der Waals surface area contributed by atoms with Gasteiger partial charge in [-0.05, 0) is 38.4 Å². The van der Waals surface area contributed by atoms with E-state index in [-0.39, 0.29) is 30.7 Å². The highest BCUT2D eigenvalue weighted by Gasteiger charge is 2.13. The van der Waals surface area contributed by atoms with Crippen LogP contribution in [0, 0.1) is 0 Å². The SMILES string of the molecule is COc1cccc2nc3c(C(=O)NCCN(C)C)cccc3cc12.Cl.Cl. The Morgan fingerprint density at radius 2 is 1.88 bits per heavy atom. The van der Waals surface area contributed by atoms with Gasteiger partial charge in [0.05, 0.1) is 23.7 Å². The molecule has 1 amide bonds. The molecule has 5 nitrogen and oxygen atoms in total. The van der Waals surface area contributed by atoms with Crippen molar-refractivity contribution in [2.75, 3.05) is 34.3 Å². The Labute approximate surface area is 165 Å². The van der Waals surface area contributed by atoms with Crippen LogP contribution in [0.25, 0.3) is 21.8 Å². The monoisotopic (exact) mass is 395 g/mol. The van der Waals surface area contributed by atoms with E-state index >= 15 is 0 Å². The minimum absolute atomic E-state index is 0. The summed E-state index contributed by atoms with van der Waals surface area (Å²) in [4.78, 5) is 19.2. The third kappa shape index (κ3) is 4.55. The quantitative estimate of drug-likeness (QED) is 0.671. The number of ether oxygens (including phenoxy) is 1. The van der Waals surface area contributed by atoms with Gasteiger partial charge in [0.25, 0.3) is 5.91 Å². The van der Waals surface area contributed by atoms with E-state index in [9.17, 15) is 4.79 Å². The van der Waals surface area contributed by atoms with Gasteiger partial charge in [-0.1, -0.05) is 18.2 Å². The molecule has 7 heteroatoms. The molecule has 0 fully saturated rings. The number of carbonyl (C=O) groups excluding carboxylic acids is 1. The molecule has 0 saturated heterocycles. The Hall–Kier alpha value is -2.08. The molecule has 0 atom stereocenters. The number of carbonyl (C=O) groups is 1. The highest BCUT2D eigenvalue weighted by Crippen LogP contribution is 2.28. The van der Waals surface area contributed by atoms with Crippen molar-refractivity contribution in [1.82, 2.24) is 15.2 Å². The van der Waals surface area contributed by atoms with E-state index < -0.39 is 0 Å². The first-order valence-corrected chi connectivity index (χ1v) is 7.89. The summed E-state index contributed by atoms with van der Waals surface area (Å²) in [6, 6.07) is 13.4. The molecule has 3 aromatic rings. The van der Waals surface area contributed by atoms with Gasteiger partial charge in [0.15, 0.2) is 0 Å². The lowest BCUT2D eigenvalue weighted by Crippen LogP contribution is -2.31. The lowest BCUT2D eigenvalue weighted by Gasteiger charge is -2.12. The Bertz CT molecular complexity index is 900. The van der Waals surface area contributed by atoms with Gasteiger partial charge in [-0.15, -0.1) is 24.8 Å². The smallest absolute Gasteiger partial charge is 0.253 e. The number of pyridine rings is 1. The number of nitrogens with zero attached hydrogens (tertiary/aromatic N) is 2. The number of amides is 1. The van der Waals surface area contributed by atoms with Gasteiger partial charge in [-0.3, -0.25) is 4.79 Å². The van der Waals surface area contributed by atoms with E-state index in [1.807, 2.05) is 61.5 Å². The Kier molecular flexibility index (Phi) is 8.08. The molecule has 26 heavy (non-hydrogen) atoms. The molecule has 0 aliphatic rings. The predicted molar refractivity (Wildman–Crippen MR) is 111 cm³/mol. The average Bonchev–Trinajstić information content (AvgIpc) is 2.58. The van der Waals surface area contributed by atoms with Crippen molar-refractivity contribution in [3.8, 4) is 5.75 Å². The Balaban J connectivity index is 0.00000169. The van der Waals surface area contributed by atoms with Crippen LogP contribution in [0.3, 0.4) is 0 Å². The molecule has 0 spiro atoms. The van der Waals surface area contributed by atoms with E-state index in [0.29, 0.717) is 17.6 Å². The number of hydrogen-bond donors (Lipinski definition) is 1. The van der Waals surface area contributed by atoms with Crippen LogP contribution in [-0.4, -0.2) is 50.1 Å². The van der Waals surface area contributed by atoms with E-state index in [1.54, 1.807) is 7.11 Å². The van der Waals surface area contributed by atoms with E-state index in [4.69, 9.17) is 9.72 Å². The molecule has 1 aromatic heterocycles. The van der Waals surface area contributed by atoms with Gasteiger partial charge in [0, 0.05) is 23.9 Å². The lowest BCUT2D eigenvalue weighted by atomic mass is 10.1. The van der Waals surface area contributed by atoms with Gasteiger partial charge < -0.3 is 15.0 Å². The number of rotatable bonds is 5. The van der Waals surface area contributed by atoms with Crippen molar-refractivity contribution < 1.29 is 9.53 Å². The number of likely N-dealkylation sites (N-methyl/N-ethyl adjacent to an activating group) is 1. The topological polar surface area (TPSA) is 54.5 Å². The number of halogens is 2. The maximum Gasteiger partial charge on any atom is 0.253 e. The van der Waals surface area contributed by atoms with Crippen molar-refractivity contribution in [3.63, 3.8) is 0 Å². The summed E-state index contributed by atoms with van der Waals surface area (Å²) in [5.41, 5.74) is 2.12. The van der Waals surface area contributed by atoms with E-state index in [1.165, 1.54) is 0 Å². The summed E-state index contributed by atoms with van der Waals surface area (Å²) in [5, 5.41) is 4.81. The fraction of sp³-hybridized carbons (Fsp3) is 0.263. The zero-order chi connectivity index (χ0) is 17.1. The van der Waals surface area contributed by atoms with Gasteiger partial charge in [-0.2, -0.15) is 0 Å². The van der Waals surface area contributed by atoms with Crippen LogP contribution in [-0.2, 0) is 0 Å². The first-order valence-electron chi connectivity index (χ1n) is 7.89. The minimum Gasteiger partial charge on any atom is -0.496 e. The number of methoxy groups -OCH3 is 1. The van der Waals surface area contributed by atoms with Crippen molar-refractivity contribution in [1.29, 1.82) is 0 Å². The first kappa shape index (κ1) is 22.0. The zero-order valence-electron chi connectivity index (χ0n) is 15.0. The first-order chi connectivity index (χ1) is 11.6. The summed E-state index contributed by atoms with van der Waals surface area (Å²) >= 11 is 0. The molecule has 0 unspecified atom stereocenters. The second-order valence-corrected chi connectivity index (χ2v) is 5.95. The fourth-order valence-electron chi connectivity index (χ4n) is 2.70. The molecule has 2 aromatic carbocycles. The third-order valence-corrected chi connectivity index (χ3v) is 3.95. The molecule has 1 heterocycles. The molecule has 3 rings (SSSR count). The lowest BCUT2D eigenvalue weighted by molar-refractivity contribution is 0.0952. The van der Waals surface area contributed by atoms with Crippen LogP contribution in [0.5, 0.6) is 5.75 Å². The second kappa shape index (κ2) is 9.57. The standard InChI is InChI=1S/C19H21N3O2.2ClH/c1-22(2)11-10-20-19(23)14-7-4-6-13-12-15-16(21-18(13)14)8-5-9-17(15)24-3;;/h4-9,12H,10-11H2,1-3H3,(H,20,23);2*1H. The second-order valence-electron chi connectivity index (χ2n) is 5.95. The largest absolute Gasteiger partial charge is 0.496 e. The summed E-state index contributed by atoms with van der Waals surface area (Å²) in [5.74, 6) is 0.680. The summed E-state index contributed by atoms with van der Waals surface area (Å²) in [7, 11) is 5.60. The molecule has 0 radical (unpaired) electrons. The highest BCUT2D eigenvalue weighted by atomic mass is 35.5. The van der Waals surface area contributed by atoms with Gasteiger partial charge in [0.2, 0.25) is 0 Å². The maximum absolute atomic E-state index is 12.5. The summed E-state index contributed by atoms with van der Waals surface area (Å²) in [6.45, 7) is 1.40. The summed E-state index contributed by atoms with van der Waals surface area (Å²) < 4.78 is 5.41. The third-order valence-electron chi connectivity index (χ3n) is 3.95. The zero-order valence-corrected chi connectivity index (χ0v) is 16.6. The van der Waals surface area contributed by atoms with Crippen molar-refractivity contribution in [3.05, 3.63) is 48.0 Å². The molecular weight excluding hydrogens is 373 g/mol. The van der Waals surface area contributed by atoms with Gasteiger partial charge >= 0.3 is 0 Å². The van der Waals surface area contributed by atoms with Gasteiger partial charge in [-0.25, -0.2) is 4.98 Å². The molecule has 1 N–H and O–H groups in total. The van der Waals surface area contributed by atoms with Crippen LogP contribution >= 0.6 is 24.8 Å². The van der Waals surface area contributed by atoms with Crippen LogP contribution in [0.1, 0.15) is 10.4 Å². The Morgan fingerprint density at radius 1 is 1.15 bits per heavy atom. The Morgan fingerprint density at radius 3 is 2.58 bits per heavy atom. The number of fused-ring (bicyclic) bond motifs is 2. The van der Waals surface area contributed by atoms with Crippen molar-refractivity contribution >= 4 is 52.5 Å². The van der Waals surface area contributed by atoms with Gasteiger partial charge in [0.1, 0.15) is 5.75 Å². The molecule has 0 bridgehead atoms. The number of nitrogens with one attached hydrogen (secondary N) is 1. The normalized spacial score (nSPS) is 10.3. The highest BCUT2D eigenvalue weighted by molar-refractivity contribution is 6.08. The molecule has 0 aliphatic heterocycles. The van der Waals surface area contributed by atoms with Crippen LogP contribution < -0.4 is 10.1 Å². The average molecular weight is 396 g/mol. The van der Waals surface area contributed by atoms with Crippen LogP contribution in [0.15, 0.2) is 42.5 Å². The van der Waals surface area contributed by atoms with Crippen molar-refractivity contribution in [2.45, 2.75) is 0 Å². The van der Waals surface area contributed by atoms with Crippen LogP contribution in [0.2, 0.25) is 0 Å². The number of para-hydroxylation sites is 1. The van der Waals surface area contributed by atoms with E-state index in [0.717, 1.165) is 28.6 Å².